The molecular weight excluding hydrogens is 343 g/mol. The predicted octanol–water partition coefficient (Wildman–Crippen LogP) is 3.19. The first kappa shape index (κ1) is 16.2. The molecule has 3 rings (SSSR count). The van der Waals surface area contributed by atoms with Gasteiger partial charge in [-0.25, -0.2) is 13.2 Å². The van der Waals surface area contributed by atoms with E-state index in [9.17, 15) is 18.0 Å². The monoisotopic (exact) mass is 353 g/mol. The zero-order valence-corrected chi connectivity index (χ0v) is 12.9. The normalized spacial score (nSPS) is 10.8. The highest BCUT2D eigenvalue weighted by atomic mass is 32.1. The molecule has 0 aliphatic heterocycles. The fourth-order valence-electron chi connectivity index (χ4n) is 1.93. The first-order valence-electron chi connectivity index (χ1n) is 6.84. The van der Waals surface area contributed by atoms with E-state index in [1.165, 1.54) is 11.3 Å². The largest absolute Gasteiger partial charge is 0.420 e. The average Bonchev–Trinajstić information content (AvgIpc) is 3.23. The lowest BCUT2D eigenvalue weighted by molar-refractivity contribution is 0.0948. The number of aromatic nitrogens is 2. The average molecular weight is 353 g/mol. The van der Waals surface area contributed by atoms with Gasteiger partial charge >= 0.3 is 0 Å². The molecule has 2 aromatic heterocycles. The minimum atomic E-state index is -1.68. The summed E-state index contributed by atoms with van der Waals surface area (Å²) in [5, 5.41) is 12.0. The fraction of sp³-hybridized carbons (Fsp3) is 0.133. The smallest absolute Gasteiger partial charge is 0.257 e. The van der Waals surface area contributed by atoms with E-state index in [2.05, 4.69) is 15.5 Å². The lowest BCUT2D eigenvalue weighted by Crippen LogP contribution is -2.27. The minimum absolute atomic E-state index is 0.0728. The molecule has 24 heavy (non-hydrogen) atoms. The van der Waals surface area contributed by atoms with E-state index in [0.29, 0.717) is 17.8 Å². The third-order valence-corrected chi connectivity index (χ3v) is 3.96. The quantitative estimate of drug-likeness (QED) is 0.716. The molecule has 1 amide bonds. The molecule has 0 spiro atoms. The number of hydrogen-bond donors (Lipinski definition) is 1. The second-order valence-corrected chi connectivity index (χ2v) is 5.65. The van der Waals surface area contributed by atoms with Crippen LogP contribution in [0.3, 0.4) is 0 Å². The first-order chi connectivity index (χ1) is 11.6. The Hall–Kier alpha value is -2.68. The molecule has 2 heterocycles. The van der Waals surface area contributed by atoms with Crippen molar-refractivity contribution in [2.75, 3.05) is 6.54 Å². The SMILES string of the molecule is O=C(NCCc1nnc(-c2cccs2)o1)c1ccc(F)c(F)c1F. The van der Waals surface area contributed by atoms with Gasteiger partial charge in [0.1, 0.15) is 0 Å². The Kier molecular flexibility index (Phi) is 4.61. The summed E-state index contributed by atoms with van der Waals surface area (Å²) in [4.78, 5) is 12.6. The van der Waals surface area contributed by atoms with Crippen LogP contribution in [0.25, 0.3) is 10.8 Å². The molecule has 3 aromatic rings. The van der Waals surface area contributed by atoms with Gasteiger partial charge in [-0.15, -0.1) is 21.5 Å². The van der Waals surface area contributed by atoms with Crippen molar-refractivity contribution in [2.24, 2.45) is 0 Å². The molecule has 1 aromatic carbocycles. The third kappa shape index (κ3) is 3.30. The van der Waals surface area contributed by atoms with E-state index >= 15 is 0 Å². The summed E-state index contributed by atoms with van der Waals surface area (Å²) in [6.45, 7) is 0.0728. The Balaban J connectivity index is 1.59. The Bertz CT molecular complexity index is 865. The number of halogens is 3. The highest BCUT2D eigenvalue weighted by molar-refractivity contribution is 7.13. The van der Waals surface area contributed by atoms with Gasteiger partial charge in [-0.2, -0.15) is 0 Å². The first-order valence-corrected chi connectivity index (χ1v) is 7.72. The maximum absolute atomic E-state index is 13.5. The van der Waals surface area contributed by atoms with Crippen molar-refractivity contribution >= 4 is 17.2 Å². The van der Waals surface area contributed by atoms with Crippen LogP contribution in [-0.4, -0.2) is 22.6 Å². The molecule has 0 aliphatic carbocycles. The molecular formula is C15H10F3N3O2S. The fourth-order valence-corrected chi connectivity index (χ4v) is 2.58. The number of carbonyl (C=O) groups excluding carboxylic acids is 1. The van der Waals surface area contributed by atoms with Gasteiger partial charge in [-0.3, -0.25) is 4.79 Å². The summed E-state index contributed by atoms with van der Waals surface area (Å²) < 4.78 is 44.9. The van der Waals surface area contributed by atoms with E-state index in [4.69, 9.17) is 4.42 Å². The highest BCUT2D eigenvalue weighted by Gasteiger charge is 2.18. The zero-order chi connectivity index (χ0) is 17.1. The van der Waals surface area contributed by atoms with Gasteiger partial charge in [0.15, 0.2) is 17.5 Å². The van der Waals surface area contributed by atoms with Crippen LogP contribution >= 0.6 is 11.3 Å². The molecule has 9 heteroatoms. The van der Waals surface area contributed by atoms with Gasteiger partial charge in [0.25, 0.3) is 11.8 Å². The summed E-state index contributed by atoms with van der Waals surface area (Å²) in [6, 6.07) is 5.25. The number of thiophene rings is 1. The van der Waals surface area contributed by atoms with Gasteiger partial charge in [0, 0.05) is 13.0 Å². The van der Waals surface area contributed by atoms with Crippen molar-refractivity contribution in [3.63, 3.8) is 0 Å². The number of carbonyl (C=O) groups is 1. The molecule has 1 N–H and O–H groups in total. The summed E-state index contributed by atoms with van der Waals surface area (Å²) in [6.07, 6.45) is 0.218. The summed E-state index contributed by atoms with van der Waals surface area (Å²) >= 11 is 1.45. The molecule has 124 valence electrons. The van der Waals surface area contributed by atoms with Crippen molar-refractivity contribution < 1.29 is 22.4 Å². The molecule has 5 nitrogen and oxygen atoms in total. The van der Waals surface area contributed by atoms with Crippen molar-refractivity contribution in [1.82, 2.24) is 15.5 Å². The van der Waals surface area contributed by atoms with Crippen LogP contribution in [0, 0.1) is 17.5 Å². The third-order valence-electron chi connectivity index (χ3n) is 3.10. The second-order valence-electron chi connectivity index (χ2n) is 4.71. The predicted molar refractivity (Wildman–Crippen MR) is 80.0 cm³/mol. The van der Waals surface area contributed by atoms with Gasteiger partial charge < -0.3 is 9.73 Å². The molecule has 0 bridgehead atoms. The van der Waals surface area contributed by atoms with Gasteiger partial charge in [-0.05, 0) is 23.6 Å². The topological polar surface area (TPSA) is 68.0 Å². The van der Waals surface area contributed by atoms with E-state index in [1.54, 1.807) is 0 Å². The maximum Gasteiger partial charge on any atom is 0.257 e. The van der Waals surface area contributed by atoms with Crippen LogP contribution in [0.4, 0.5) is 13.2 Å². The van der Waals surface area contributed by atoms with E-state index in [0.717, 1.165) is 10.9 Å². The summed E-state index contributed by atoms with van der Waals surface area (Å²) in [5.41, 5.74) is -0.571. The van der Waals surface area contributed by atoms with E-state index in [-0.39, 0.29) is 13.0 Å². The molecule has 0 atom stereocenters. The van der Waals surface area contributed by atoms with Crippen LogP contribution in [0.15, 0.2) is 34.1 Å². The van der Waals surface area contributed by atoms with Crippen molar-refractivity contribution in [3.05, 3.63) is 58.6 Å². The lowest BCUT2D eigenvalue weighted by Gasteiger charge is -2.05. The number of benzene rings is 1. The molecule has 0 radical (unpaired) electrons. The summed E-state index contributed by atoms with van der Waals surface area (Å²) in [5.74, 6) is -4.74. The Labute approximate surface area is 138 Å². The lowest BCUT2D eigenvalue weighted by atomic mass is 10.2. The highest BCUT2D eigenvalue weighted by Crippen LogP contribution is 2.23. The maximum atomic E-state index is 13.5. The Morgan fingerprint density at radius 2 is 2.00 bits per heavy atom. The van der Waals surface area contributed by atoms with Crippen molar-refractivity contribution in [3.8, 4) is 10.8 Å². The number of hydrogen-bond acceptors (Lipinski definition) is 5. The molecule has 0 saturated heterocycles. The van der Waals surface area contributed by atoms with Gasteiger partial charge in [0.2, 0.25) is 5.89 Å². The van der Waals surface area contributed by atoms with Crippen LogP contribution in [0.5, 0.6) is 0 Å². The summed E-state index contributed by atoms with van der Waals surface area (Å²) in [7, 11) is 0. The molecule has 0 unspecified atom stereocenters. The van der Waals surface area contributed by atoms with Crippen LogP contribution in [-0.2, 0) is 6.42 Å². The van der Waals surface area contributed by atoms with Crippen molar-refractivity contribution in [1.29, 1.82) is 0 Å². The van der Waals surface area contributed by atoms with Gasteiger partial charge in [0.05, 0.1) is 10.4 Å². The second kappa shape index (κ2) is 6.83. The van der Waals surface area contributed by atoms with E-state index < -0.39 is 28.9 Å². The number of amides is 1. The number of rotatable bonds is 5. The van der Waals surface area contributed by atoms with Crippen LogP contribution in [0.1, 0.15) is 16.2 Å². The number of nitrogens with zero attached hydrogens (tertiary/aromatic N) is 2. The molecule has 0 fully saturated rings. The Morgan fingerprint density at radius 1 is 1.17 bits per heavy atom. The number of nitrogens with one attached hydrogen (secondary N) is 1. The van der Waals surface area contributed by atoms with Crippen molar-refractivity contribution in [2.45, 2.75) is 6.42 Å². The van der Waals surface area contributed by atoms with Gasteiger partial charge in [-0.1, -0.05) is 6.07 Å². The van der Waals surface area contributed by atoms with Crippen LogP contribution < -0.4 is 5.32 Å². The molecule has 0 saturated carbocycles. The van der Waals surface area contributed by atoms with Crippen LogP contribution in [0.2, 0.25) is 0 Å². The standard InChI is InChI=1S/C15H10F3N3O2S/c16-9-4-3-8(12(17)13(9)18)14(22)19-6-5-11-20-21-15(23-11)10-2-1-7-24-10/h1-4,7H,5-6H2,(H,19,22). The minimum Gasteiger partial charge on any atom is -0.420 e. The Morgan fingerprint density at radius 3 is 2.75 bits per heavy atom. The van der Waals surface area contributed by atoms with E-state index in [1.807, 2.05) is 17.5 Å². The zero-order valence-electron chi connectivity index (χ0n) is 12.1. The molecule has 0 aliphatic rings.